The number of rotatable bonds is 7. The summed E-state index contributed by atoms with van der Waals surface area (Å²) in [5, 5.41) is 11.8. The normalized spacial score (nSPS) is 16.0. The topological polar surface area (TPSA) is 41.5 Å². The Morgan fingerprint density at radius 3 is 2.58 bits per heavy atom. The zero-order valence-electron chi connectivity index (χ0n) is 8.34. The van der Waals surface area contributed by atoms with E-state index in [0.29, 0.717) is 6.10 Å². The number of nitrogens with one attached hydrogen (secondary N) is 1. The van der Waals surface area contributed by atoms with Crippen LogP contribution in [0.25, 0.3) is 0 Å². The van der Waals surface area contributed by atoms with Crippen molar-refractivity contribution in [1.29, 1.82) is 0 Å². The van der Waals surface area contributed by atoms with Gasteiger partial charge in [0.2, 0.25) is 0 Å². The number of hydrogen-bond donors (Lipinski definition) is 2. The van der Waals surface area contributed by atoms with Gasteiger partial charge < -0.3 is 15.2 Å². The van der Waals surface area contributed by atoms with Crippen molar-refractivity contribution in [3.05, 3.63) is 0 Å². The molecule has 0 radical (unpaired) electrons. The summed E-state index contributed by atoms with van der Waals surface area (Å²) in [7, 11) is 1.85. The summed E-state index contributed by atoms with van der Waals surface area (Å²) in [5.41, 5.74) is 0. The predicted molar refractivity (Wildman–Crippen MR) is 50.3 cm³/mol. The average Bonchev–Trinajstić information content (AvgIpc) is 2.12. The van der Waals surface area contributed by atoms with Crippen LogP contribution in [0.5, 0.6) is 0 Å². The van der Waals surface area contributed by atoms with Crippen molar-refractivity contribution in [2.45, 2.75) is 38.8 Å². The smallest absolute Gasteiger partial charge is 0.0585 e. The van der Waals surface area contributed by atoms with Crippen molar-refractivity contribution < 1.29 is 9.84 Å². The van der Waals surface area contributed by atoms with E-state index in [1.807, 2.05) is 7.05 Å². The van der Waals surface area contributed by atoms with Crippen LogP contribution in [0.4, 0.5) is 0 Å². The lowest BCUT2D eigenvalue weighted by Gasteiger charge is -2.15. The molecular formula is C9H21NO2. The number of likely N-dealkylation sites (N-methyl/N-ethyl adjacent to an activating group) is 1. The molecule has 0 aromatic carbocycles. The van der Waals surface area contributed by atoms with Crippen LogP contribution < -0.4 is 5.32 Å². The molecule has 0 spiro atoms. The highest BCUT2D eigenvalue weighted by atomic mass is 16.5. The van der Waals surface area contributed by atoms with Crippen LogP contribution in [0.2, 0.25) is 0 Å². The molecule has 0 bridgehead atoms. The third kappa shape index (κ3) is 5.52. The molecule has 0 aliphatic heterocycles. The number of aliphatic hydroxyl groups excluding tert-OH is 1. The quantitative estimate of drug-likeness (QED) is 0.600. The molecule has 0 saturated heterocycles. The molecule has 0 aliphatic rings. The first-order valence-corrected chi connectivity index (χ1v) is 4.64. The van der Waals surface area contributed by atoms with Gasteiger partial charge in [-0.25, -0.2) is 0 Å². The molecule has 0 amide bonds. The molecule has 0 saturated carbocycles. The molecule has 0 aliphatic carbocycles. The van der Waals surface area contributed by atoms with E-state index >= 15 is 0 Å². The second-order valence-corrected chi connectivity index (χ2v) is 3.05. The van der Waals surface area contributed by atoms with Crippen LogP contribution in [-0.4, -0.2) is 37.5 Å². The van der Waals surface area contributed by atoms with Crippen LogP contribution in [-0.2, 0) is 4.74 Å². The Hall–Kier alpha value is -0.120. The largest absolute Gasteiger partial charge is 0.395 e. The van der Waals surface area contributed by atoms with E-state index in [1.165, 1.54) is 0 Å². The van der Waals surface area contributed by atoms with Crippen molar-refractivity contribution in [1.82, 2.24) is 5.32 Å². The minimum atomic E-state index is 0.175. The van der Waals surface area contributed by atoms with Gasteiger partial charge in [-0.1, -0.05) is 6.92 Å². The molecular weight excluding hydrogens is 154 g/mol. The standard InChI is InChI=1S/C9H21NO2/c1-4-8(2)12-6-5-9(7-11)10-3/h8-11H,4-7H2,1-3H3. The average molecular weight is 175 g/mol. The lowest BCUT2D eigenvalue weighted by Crippen LogP contribution is -2.30. The molecule has 2 unspecified atom stereocenters. The van der Waals surface area contributed by atoms with Gasteiger partial charge in [-0.15, -0.1) is 0 Å². The van der Waals surface area contributed by atoms with Gasteiger partial charge in [-0.05, 0) is 26.8 Å². The molecule has 3 nitrogen and oxygen atoms in total. The number of ether oxygens (including phenoxy) is 1. The highest BCUT2D eigenvalue weighted by molar-refractivity contribution is 4.61. The molecule has 2 N–H and O–H groups in total. The van der Waals surface area contributed by atoms with E-state index in [1.54, 1.807) is 0 Å². The molecule has 0 fully saturated rings. The molecule has 74 valence electrons. The third-order valence-corrected chi connectivity index (χ3v) is 2.07. The van der Waals surface area contributed by atoms with Gasteiger partial charge in [0.1, 0.15) is 0 Å². The van der Waals surface area contributed by atoms with Crippen LogP contribution in [0.15, 0.2) is 0 Å². The lowest BCUT2D eigenvalue weighted by atomic mass is 10.2. The maximum atomic E-state index is 8.83. The summed E-state index contributed by atoms with van der Waals surface area (Å²) in [6, 6.07) is 0.175. The summed E-state index contributed by atoms with van der Waals surface area (Å²) in [4.78, 5) is 0. The van der Waals surface area contributed by atoms with Crippen molar-refractivity contribution in [3.63, 3.8) is 0 Å². The van der Waals surface area contributed by atoms with Crippen molar-refractivity contribution in [2.75, 3.05) is 20.3 Å². The first-order chi connectivity index (χ1) is 5.74. The van der Waals surface area contributed by atoms with Crippen LogP contribution in [0.3, 0.4) is 0 Å². The lowest BCUT2D eigenvalue weighted by molar-refractivity contribution is 0.0534. The first-order valence-electron chi connectivity index (χ1n) is 4.64. The van der Waals surface area contributed by atoms with E-state index in [2.05, 4.69) is 19.2 Å². The Kier molecular flexibility index (Phi) is 7.45. The highest BCUT2D eigenvalue weighted by Crippen LogP contribution is 1.98. The Balaban J connectivity index is 3.28. The van der Waals surface area contributed by atoms with Gasteiger partial charge in [0.15, 0.2) is 0 Å². The van der Waals surface area contributed by atoms with Gasteiger partial charge in [-0.3, -0.25) is 0 Å². The molecule has 0 aromatic rings. The fourth-order valence-corrected chi connectivity index (χ4v) is 0.856. The van der Waals surface area contributed by atoms with Gasteiger partial charge in [0.25, 0.3) is 0 Å². The molecule has 0 rings (SSSR count). The summed E-state index contributed by atoms with van der Waals surface area (Å²) in [6.07, 6.45) is 2.25. The van der Waals surface area contributed by atoms with E-state index < -0.39 is 0 Å². The maximum absolute atomic E-state index is 8.83. The molecule has 2 atom stereocenters. The zero-order valence-corrected chi connectivity index (χ0v) is 8.34. The number of hydrogen-bond acceptors (Lipinski definition) is 3. The third-order valence-electron chi connectivity index (χ3n) is 2.07. The Labute approximate surface area is 75.1 Å². The second-order valence-electron chi connectivity index (χ2n) is 3.05. The summed E-state index contributed by atoms with van der Waals surface area (Å²) in [5.74, 6) is 0. The SMILES string of the molecule is CCC(C)OCCC(CO)NC. The van der Waals surface area contributed by atoms with Gasteiger partial charge in [0.05, 0.1) is 12.7 Å². The minimum absolute atomic E-state index is 0.175. The molecule has 12 heavy (non-hydrogen) atoms. The van der Waals surface area contributed by atoms with Gasteiger partial charge in [-0.2, -0.15) is 0 Å². The molecule has 0 aromatic heterocycles. The fraction of sp³-hybridized carbons (Fsp3) is 1.00. The van der Waals surface area contributed by atoms with E-state index in [4.69, 9.17) is 9.84 Å². The van der Waals surface area contributed by atoms with Gasteiger partial charge in [0, 0.05) is 12.6 Å². The van der Waals surface area contributed by atoms with Crippen molar-refractivity contribution in [2.24, 2.45) is 0 Å². The second kappa shape index (κ2) is 7.53. The predicted octanol–water partition coefficient (Wildman–Crippen LogP) is 0.772. The first kappa shape index (κ1) is 11.9. The van der Waals surface area contributed by atoms with Gasteiger partial charge >= 0.3 is 0 Å². The summed E-state index contributed by atoms with van der Waals surface area (Å²) >= 11 is 0. The van der Waals surface area contributed by atoms with E-state index in [9.17, 15) is 0 Å². The van der Waals surface area contributed by atoms with E-state index in [-0.39, 0.29) is 12.6 Å². The Morgan fingerprint density at radius 2 is 2.17 bits per heavy atom. The van der Waals surface area contributed by atoms with Crippen molar-refractivity contribution >= 4 is 0 Å². The summed E-state index contributed by atoms with van der Waals surface area (Å²) in [6.45, 7) is 5.07. The number of aliphatic hydroxyl groups is 1. The maximum Gasteiger partial charge on any atom is 0.0585 e. The van der Waals surface area contributed by atoms with Crippen LogP contribution in [0, 0.1) is 0 Å². The monoisotopic (exact) mass is 175 g/mol. The minimum Gasteiger partial charge on any atom is -0.395 e. The zero-order chi connectivity index (χ0) is 9.40. The van der Waals surface area contributed by atoms with E-state index in [0.717, 1.165) is 19.4 Å². The molecule has 3 heteroatoms. The van der Waals surface area contributed by atoms with Crippen LogP contribution >= 0.6 is 0 Å². The Bertz CT molecular complexity index is 94.5. The van der Waals surface area contributed by atoms with Crippen molar-refractivity contribution in [3.8, 4) is 0 Å². The molecule has 0 heterocycles. The Morgan fingerprint density at radius 1 is 1.50 bits per heavy atom. The summed E-state index contributed by atoms with van der Waals surface area (Å²) < 4.78 is 5.47. The fourth-order valence-electron chi connectivity index (χ4n) is 0.856. The van der Waals surface area contributed by atoms with Crippen LogP contribution in [0.1, 0.15) is 26.7 Å². The highest BCUT2D eigenvalue weighted by Gasteiger charge is 2.04.